The zero-order valence-corrected chi connectivity index (χ0v) is 17.9. The average Bonchev–Trinajstić information content (AvgIpc) is 3.55. The van der Waals surface area contributed by atoms with Crippen LogP contribution in [0.5, 0.6) is 0 Å². The molecular formula is C22H26N6O3. The molecule has 0 N–H and O–H groups in total. The molecule has 1 amide bonds. The van der Waals surface area contributed by atoms with Crippen LogP contribution in [-0.2, 0) is 0 Å². The molecule has 31 heavy (non-hydrogen) atoms. The van der Waals surface area contributed by atoms with Gasteiger partial charge in [0.1, 0.15) is 0 Å². The normalized spacial score (nSPS) is 19.2. The maximum absolute atomic E-state index is 12.9. The van der Waals surface area contributed by atoms with Gasteiger partial charge >= 0.3 is 0 Å². The van der Waals surface area contributed by atoms with Gasteiger partial charge in [0.05, 0.1) is 22.6 Å². The summed E-state index contributed by atoms with van der Waals surface area (Å²) in [5.41, 5.74) is 3.27. The van der Waals surface area contributed by atoms with Gasteiger partial charge in [-0.15, -0.1) is 0 Å². The second-order valence-electron chi connectivity index (χ2n) is 8.42. The van der Waals surface area contributed by atoms with Gasteiger partial charge in [0.2, 0.25) is 11.7 Å². The smallest absolute Gasteiger partial charge is 0.292 e. The first-order chi connectivity index (χ1) is 15.1. The van der Waals surface area contributed by atoms with Crippen LogP contribution in [0.3, 0.4) is 0 Å². The Kier molecular flexibility index (Phi) is 5.17. The number of amides is 1. The van der Waals surface area contributed by atoms with E-state index in [2.05, 4.69) is 20.2 Å². The predicted octanol–water partition coefficient (Wildman–Crippen LogP) is 3.36. The summed E-state index contributed by atoms with van der Waals surface area (Å²) in [6, 6.07) is 3.59. The molecule has 0 aromatic carbocycles. The lowest BCUT2D eigenvalue weighted by Gasteiger charge is -2.32. The monoisotopic (exact) mass is 422 g/mol. The van der Waals surface area contributed by atoms with Crippen molar-refractivity contribution < 1.29 is 13.8 Å². The van der Waals surface area contributed by atoms with Crippen LogP contribution in [-0.4, -0.2) is 57.3 Å². The zero-order chi connectivity index (χ0) is 21.4. The molecule has 2 fully saturated rings. The number of rotatable bonds is 4. The molecule has 2 aliphatic rings. The summed E-state index contributed by atoms with van der Waals surface area (Å²) >= 11 is 0. The van der Waals surface area contributed by atoms with Crippen LogP contribution >= 0.6 is 0 Å². The fourth-order valence-corrected chi connectivity index (χ4v) is 4.45. The topological polar surface area (TPSA) is 101 Å². The van der Waals surface area contributed by atoms with Crippen molar-refractivity contribution in [2.75, 3.05) is 31.1 Å². The molecule has 1 atom stereocenters. The number of hydrogen-bond acceptors (Lipinski definition) is 8. The van der Waals surface area contributed by atoms with Crippen LogP contribution in [0.4, 0.5) is 5.95 Å². The first kappa shape index (κ1) is 19.7. The minimum Gasteiger partial charge on any atom is -0.356 e. The van der Waals surface area contributed by atoms with Gasteiger partial charge in [-0.25, -0.2) is 9.97 Å². The fourth-order valence-electron chi connectivity index (χ4n) is 4.45. The van der Waals surface area contributed by atoms with Gasteiger partial charge < -0.3 is 18.8 Å². The third-order valence-electron chi connectivity index (χ3n) is 6.02. The van der Waals surface area contributed by atoms with Gasteiger partial charge in [-0.1, -0.05) is 10.3 Å². The van der Waals surface area contributed by atoms with Crippen molar-refractivity contribution in [1.82, 2.24) is 25.2 Å². The molecule has 3 aromatic heterocycles. The number of nitrogens with zero attached hydrogens (tertiary/aromatic N) is 6. The first-order valence-corrected chi connectivity index (χ1v) is 10.9. The standard InChI is InChI=1S/C22H26N6O3/c1-14-10-18(30-25-14)17-12-23-22(27-7-3-4-8-27)24-20(17)16-6-5-9-28(13-16)21(29)19-11-15(2)26-31-19/h10-12,16H,3-9,13H2,1-2H3. The molecule has 0 spiro atoms. The SMILES string of the molecule is Cc1cc(C(=O)N2CCCC(c3nc(N4CCCC4)ncc3-c3cc(C)no3)C2)on1. The van der Waals surface area contributed by atoms with E-state index in [4.69, 9.17) is 14.0 Å². The lowest BCUT2D eigenvalue weighted by Crippen LogP contribution is -2.39. The number of anilines is 1. The molecule has 5 rings (SSSR count). The summed E-state index contributed by atoms with van der Waals surface area (Å²) in [6.07, 6.45) is 5.99. The molecule has 1 unspecified atom stereocenters. The Balaban J connectivity index is 1.47. The van der Waals surface area contributed by atoms with Crippen molar-refractivity contribution in [1.29, 1.82) is 0 Å². The molecule has 2 saturated heterocycles. The highest BCUT2D eigenvalue weighted by atomic mass is 16.5. The Morgan fingerprint density at radius 2 is 1.81 bits per heavy atom. The molecule has 2 aliphatic heterocycles. The third-order valence-corrected chi connectivity index (χ3v) is 6.02. The minimum atomic E-state index is -0.129. The van der Waals surface area contributed by atoms with E-state index >= 15 is 0 Å². The predicted molar refractivity (Wildman–Crippen MR) is 113 cm³/mol. The summed E-state index contributed by atoms with van der Waals surface area (Å²) in [5, 5.41) is 7.89. The van der Waals surface area contributed by atoms with Crippen LogP contribution in [0.15, 0.2) is 27.4 Å². The van der Waals surface area contributed by atoms with E-state index in [0.29, 0.717) is 24.5 Å². The largest absolute Gasteiger partial charge is 0.356 e. The summed E-state index contributed by atoms with van der Waals surface area (Å²) in [7, 11) is 0. The van der Waals surface area contributed by atoms with Crippen LogP contribution in [0.1, 0.15) is 59.2 Å². The van der Waals surface area contributed by atoms with E-state index in [1.54, 1.807) is 6.07 Å². The quantitative estimate of drug-likeness (QED) is 0.631. The summed E-state index contributed by atoms with van der Waals surface area (Å²) in [6.45, 7) is 6.91. The molecular weight excluding hydrogens is 396 g/mol. The van der Waals surface area contributed by atoms with Gasteiger partial charge in [0, 0.05) is 50.4 Å². The van der Waals surface area contributed by atoms with Gasteiger partial charge in [-0.05, 0) is 39.5 Å². The Bertz CT molecular complexity index is 1080. The number of piperidine rings is 1. The fraction of sp³-hybridized carbons (Fsp3) is 0.500. The molecule has 5 heterocycles. The van der Waals surface area contributed by atoms with E-state index in [0.717, 1.165) is 61.7 Å². The van der Waals surface area contributed by atoms with Crippen LogP contribution in [0.25, 0.3) is 11.3 Å². The Hall–Kier alpha value is -3.23. The lowest BCUT2D eigenvalue weighted by atomic mass is 9.91. The highest BCUT2D eigenvalue weighted by Gasteiger charge is 2.31. The van der Waals surface area contributed by atoms with Crippen LogP contribution < -0.4 is 4.90 Å². The molecule has 9 heteroatoms. The van der Waals surface area contributed by atoms with Crippen LogP contribution in [0.2, 0.25) is 0 Å². The van der Waals surface area contributed by atoms with Crippen LogP contribution in [0, 0.1) is 13.8 Å². The van der Waals surface area contributed by atoms with E-state index in [1.165, 1.54) is 0 Å². The van der Waals surface area contributed by atoms with Gasteiger partial charge in [-0.3, -0.25) is 4.79 Å². The van der Waals surface area contributed by atoms with Crippen molar-refractivity contribution in [3.63, 3.8) is 0 Å². The van der Waals surface area contributed by atoms with E-state index < -0.39 is 0 Å². The highest BCUT2D eigenvalue weighted by Crippen LogP contribution is 2.35. The van der Waals surface area contributed by atoms with Crippen molar-refractivity contribution in [2.24, 2.45) is 0 Å². The van der Waals surface area contributed by atoms with Crippen molar-refractivity contribution in [3.8, 4) is 11.3 Å². The zero-order valence-electron chi connectivity index (χ0n) is 17.9. The molecule has 0 aliphatic carbocycles. The second kappa shape index (κ2) is 8.13. The number of hydrogen-bond donors (Lipinski definition) is 0. The van der Waals surface area contributed by atoms with E-state index in [-0.39, 0.29) is 17.6 Å². The summed E-state index contributed by atoms with van der Waals surface area (Å²) in [5.74, 6) is 1.64. The van der Waals surface area contributed by atoms with Crippen molar-refractivity contribution >= 4 is 11.9 Å². The molecule has 0 bridgehead atoms. The molecule has 0 radical (unpaired) electrons. The molecule has 3 aromatic rings. The maximum atomic E-state index is 12.9. The first-order valence-electron chi connectivity index (χ1n) is 10.9. The maximum Gasteiger partial charge on any atom is 0.292 e. The number of carbonyl (C=O) groups excluding carboxylic acids is 1. The molecule has 9 nitrogen and oxygen atoms in total. The third kappa shape index (κ3) is 3.92. The highest BCUT2D eigenvalue weighted by molar-refractivity contribution is 5.91. The van der Waals surface area contributed by atoms with E-state index in [9.17, 15) is 4.79 Å². The Morgan fingerprint density at radius 3 is 2.52 bits per heavy atom. The van der Waals surface area contributed by atoms with Gasteiger partial charge in [0.15, 0.2) is 5.76 Å². The van der Waals surface area contributed by atoms with Crippen molar-refractivity contribution in [2.45, 2.75) is 45.4 Å². The molecule has 0 saturated carbocycles. The average molecular weight is 422 g/mol. The Labute approximate surface area is 180 Å². The van der Waals surface area contributed by atoms with E-state index in [1.807, 2.05) is 31.0 Å². The lowest BCUT2D eigenvalue weighted by molar-refractivity contribution is 0.0664. The van der Waals surface area contributed by atoms with Crippen molar-refractivity contribution in [3.05, 3.63) is 41.2 Å². The number of likely N-dealkylation sites (tertiary alicyclic amines) is 1. The summed E-state index contributed by atoms with van der Waals surface area (Å²) in [4.78, 5) is 26.6. The van der Waals surface area contributed by atoms with Gasteiger partial charge in [0.25, 0.3) is 5.91 Å². The summed E-state index contributed by atoms with van der Waals surface area (Å²) < 4.78 is 10.8. The molecule has 162 valence electrons. The minimum absolute atomic E-state index is 0.0754. The van der Waals surface area contributed by atoms with Gasteiger partial charge in [-0.2, -0.15) is 0 Å². The number of aryl methyl sites for hydroxylation is 2. The number of carbonyl (C=O) groups is 1. The Morgan fingerprint density at radius 1 is 1.03 bits per heavy atom. The number of aromatic nitrogens is 4. The second-order valence-corrected chi connectivity index (χ2v) is 8.42.